The lowest BCUT2D eigenvalue weighted by atomic mass is 10.2. The van der Waals surface area contributed by atoms with Crippen LogP contribution >= 0.6 is 0 Å². The molecule has 0 radical (unpaired) electrons. The topological polar surface area (TPSA) is 21.7 Å². The van der Waals surface area contributed by atoms with Gasteiger partial charge in [0.15, 0.2) is 0 Å². The molecule has 0 saturated heterocycles. The van der Waals surface area contributed by atoms with E-state index in [0.717, 1.165) is 6.07 Å². The summed E-state index contributed by atoms with van der Waals surface area (Å²) in [5.74, 6) is -0.481. The van der Waals surface area contributed by atoms with Crippen LogP contribution in [0.2, 0.25) is 0 Å². The summed E-state index contributed by atoms with van der Waals surface area (Å²) in [5.41, 5.74) is 0.412. The summed E-state index contributed by atoms with van der Waals surface area (Å²) in [4.78, 5) is 1.55. The molecule has 17 heavy (non-hydrogen) atoms. The molecule has 0 N–H and O–H groups in total. The third kappa shape index (κ3) is 4.38. The quantitative estimate of drug-likeness (QED) is 0.770. The first-order valence-corrected chi connectivity index (χ1v) is 4.59. The average molecular weight is 253 g/mol. The summed E-state index contributed by atoms with van der Waals surface area (Å²) in [5, 5.41) is 0. The summed E-state index contributed by atoms with van der Waals surface area (Å²) in [6, 6.07) is 3.56. The highest BCUT2D eigenvalue weighted by atomic mass is 19.4. The van der Waals surface area contributed by atoms with Crippen LogP contribution < -0.4 is 14.4 Å². The molecule has 0 aromatic heterocycles. The Kier molecular flexibility index (Phi) is 4.03. The lowest BCUT2D eigenvalue weighted by Gasteiger charge is -2.16. The molecule has 1 rings (SSSR count). The zero-order valence-electron chi connectivity index (χ0n) is 9.21. The first kappa shape index (κ1) is 13.4. The van der Waals surface area contributed by atoms with E-state index < -0.39 is 19.0 Å². The maximum Gasteiger partial charge on any atom is 0.573 e. The Morgan fingerprint density at radius 3 is 2.18 bits per heavy atom. The number of anilines is 1. The number of ether oxygens (including phenoxy) is 2. The van der Waals surface area contributed by atoms with E-state index in [0.29, 0.717) is 5.69 Å². The molecular formula is C10H11F4NO2. The van der Waals surface area contributed by atoms with Gasteiger partial charge in [0.25, 0.3) is 0 Å². The van der Waals surface area contributed by atoms with Crippen molar-refractivity contribution >= 4 is 5.69 Å². The van der Waals surface area contributed by atoms with E-state index in [-0.39, 0.29) is 5.75 Å². The van der Waals surface area contributed by atoms with Crippen molar-refractivity contribution in [2.24, 2.45) is 0 Å². The van der Waals surface area contributed by atoms with Crippen molar-refractivity contribution in [3.05, 3.63) is 18.2 Å². The Morgan fingerprint density at radius 2 is 1.71 bits per heavy atom. The molecule has 1 aromatic carbocycles. The summed E-state index contributed by atoms with van der Waals surface area (Å²) in [6.45, 7) is -1.12. The molecule has 0 unspecified atom stereocenters. The first-order chi connectivity index (χ1) is 7.81. The van der Waals surface area contributed by atoms with Crippen molar-refractivity contribution in [1.82, 2.24) is 0 Å². The molecule has 0 spiro atoms. The van der Waals surface area contributed by atoms with Gasteiger partial charge >= 0.3 is 6.36 Å². The zero-order valence-corrected chi connectivity index (χ0v) is 9.21. The Bertz CT molecular complexity index is 379. The van der Waals surface area contributed by atoms with Crippen LogP contribution in [0.4, 0.5) is 23.2 Å². The largest absolute Gasteiger partial charge is 0.573 e. The maximum absolute atomic E-state index is 12.0. The number of hydrogen-bond acceptors (Lipinski definition) is 3. The lowest BCUT2D eigenvalue weighted by Crippen LogP contribution is -2.17. The van der Waals surface area contributed by atoms with Crippen molar-refractivity contribution in [1.29, 1.82) is 0 Å². The van der Waals surface area contributed by atoms with E-state index in [1.54, 1.807) is 19.0 Å². The molecule has 0 fully saturated rings. The number of nitrogens with zero attached hydrogens (tertiary/aromatic N) is 1. The van der Waals surface area contributed by atoms with Crippen molar-refractivity contribution in [2.45, 2.75) is 6.36 Å². The fourth-order valence-corrected chi connectivity index (χ4v) is 1.15. The molecule has 0 bridgehead atoms. The van der Waals surface area contributed by atoms with Gasteiger partial charge in [0, 0.05) is 38.0 Å². The van der Waals surface area contributed by atoms with Gasteiger partial charge in [-0.15, -0.1) is 13.2 Å². The second-order valence-electron chi connectivity index (χ2n) is 3.36. The molecule has 0 saturated carbocycles. The van der Waals surface area contributed by atoms with Crippen molar-refractivity contribution in [3.8, 4) is 11.5 Å². The molecular weight excluding hydrogens is 242 g/mol. The van der Waals surface area contributed by atoms with Gasteiger partial charge in [-0.3, -0.25) is 0 Å². The van der Waals surface area contributed by atoms with Crippen LogP contribution in [0.15, 0.2) is 18.2 Å². The van der Waals surface area contributed by atoms with Gasteiger partial charge in [-0.05, 0) is 0 Å². The van der Waals surface area contributed by atoms with Crippen LogP contribution in [0.1, 0.15) is 0 Å². The van der Waals surface area contributed by atoms with Crippen LogP contribution in [0.5, 0.6) is 11.5 Å². The summed E-state index contributed by atoms with van der Waals surface area (Å²) < 4.78 is 56.4. The van der Waals surface area contributed by atoms with Gasteiger partial charge < -0.3 is 14.4 Å². The molecule has 0 aliphatic heterocycles. The third-order valence-electron chi connectivity index (χ3n) is 1.84. The van der Waals surface area contributed by atoms with E-state index in [9.17, 15) is 17.6 Å². The number of halogens is 4. The fraction of sp³-hybridized carbons (Fsp3) is 0.400. The minimum Gasteiger partial charge on any atom is -0.463 e. The maximum atomic E-state index is 12.0. The molecule has 0 heterocycles. The van der Waals surface area contributed by atoms with Gasteiger partial charge in [-0.25, -0.2) is 4.39 Å². The van der Waals surface area contributed by atoms with Crippen molar-refractivity contribution in [3.63, 3.8) is 0 Å². The monoisotopic (exact) mass is 253 g/mol. The molecule has 1 aromatic rings. The van der Waals surface area contributed by atoms with Crippen LogP contribution in [-0.4, -0.2) is 27.3 Å². The summed E-state index contributed by atoms with van der Waals surface area (Å²) in [6.07, 6.45) is -4.79. The highest BCUT2D eigenvalue weighted by Gasteiger charge is 2.31. The molecule has 96 valence electrons. The molecule has 0 atom stereocenters. The van der Waals surface area contributed by atoms with E-state index >= 15 is 0 Å². The Labute approximate surface area is 95.5 Å². The average Bonchev–Trinajstić information content (AvgIpc) is 2.14. The number of benzene rings is 1. The van der Waals surface area contributed by atoms with Crippen LogP contribution in [-0.2, 0) is 0 Å². The van der Waals surface area contributed by atoms with E-state index in [1.165, 1.54) is 12.1 Å². The van der Waals surface area contributed by atoms with Crippen LogP contribution in [0.3, 0.4) is 0 Å². The van der Waals surface area contributed by atoms with Gasteiger partial charge in [0.1, 0.15) is 11.5 Å². The zero-order chi connectivity index (χ0) is 13.1. The normalized spacial score (nSPS) is 11.2. The number of alkyl halides is 4. The minimum absolute atomic E-state index is 0.0297. The second kappa shape index (κ2) is 5.11. The standard InChI is InChI=1S/C10H11F4NO2/c1-15(2)7-3-8(16-6-11)5-9(4-7)17-10(12,13)14/h3-5H,6H2,1-2H3. The number of hydrogen-bond donors (Lipinski definition) is 0. The van der Waals surface area contributed by atoms with Gasteiger partial charge in [0.2, 0.25) is 6.86 Å². The molecule has 0 aliphatic rings. The minimum atomic E-state index is -4.79. The van der Waals surface area contributed by atoms with E-state index in [1.807, 2.05) is 0 Å². The van der Waals surface area contributed by atoms with Crippen LogP contribution in [0.25, 0.3) is 0 Å². The smallest absolute Gasteiger partial charge is 0.463 e. The molecule has 0 aliphatic carbocycles. The highest BCUT2D eigenvalue weighted by Crippen LogP contribution is 2.31. The van der Waals surface area contributed by atoms with Crippen molar-refractivity contribution < 1.29 is 27.0 Å². The fourth-order valence-electron chi connectivity index (χ4n) is 1.15. The third-order valence-corrected chi connectivity index (χ3v) is 1.84. The molecule has 0 amide bonds. The van der Waals surface area contributed by atoms with Gasteiger partial charge in [0.05, 0.1) is 0 Å². The first-order valence-electron chi connectivity index (χ1n) is 4.59. The Morgan fingerprint density at radius 1 is 1.12 bits per heavy atom. The van der Waals surface area contributed by atoms with E-state index in [2.05, 4.69) is 9.47 Å². The second-order valence-corrected chi connectivity index (χ2v) is 3.36. The molecule has 3 nitrogen and oxygen atoms in total. The Hall–Kier alpha value is -1.66. The highest BCUT2D eigenvalue weighted by molar-refractivity contribution is 5.54. The van der Waals surface area contributed by atoms with Gasteiger partial charge in [-0.2, -0.15) is 0 Å². The SMILES string of the molecule is CN(C)c1cc(OCF)cc(OC(F)(F)F)c1. The molecule has 7 heteroatoms. The van der Waals surface area contributed by atoms with Crippen LogP contribution in [0, 0.1) is 0 Å². The summed E-state index contributed by atoms with van der Waals surface area (Å²) >= 11 is 0. The van der Waals surface area contributed by atoms with E-state index in [4.69, 9.17) is 0 Å². The van der Waals surface area contributed by atoms with Gasteiger partial charge in [-0.1, -0.05) is 0 Å². The number of rotatable bonds is 4. The summed E-state index contributed by atoms with van der Waals surface area (Å²) in [7, 11) is 3.26. The van der Waals surface area contributed by atoms with Crippen molar-refractivity contribution in [2.75, 3.05) is 25.9 Å². The predicted octanol–water partition coefficient (Wildman–Crippen LogP) is 2.96. The lowest BCUT2D eigenvalue weighted by molar-refractivity contribution is -0.274. The predicted molar refractivity (Wildman–Crippen MR) is 54.1 cm³/mol. The Balaban J connectivity index is 3.03.